The molecule has 0 radical (unpaired) electrons. The van der Waals surface area contributed by atoms with Crippen LogP contribution in [-0.4, -0.2) is 56.7 Å². The van der Waals surface area contributed by atoms with Crippen LogP contribution >= 0.6 is 11.3 Å². The Morgan fingerprint density at radius 2 is 2.18 bits per heavy atom. The van der Waals surface area contributed by atoms with Crippen LogP contribution in [0.5, 0.6) is 0 Å². The van der Waals surface area contributed by atoms with E-state index in [1.54, 1.807) is 22.3 Å². The van der Waals surface area contributed by atoms with E-state index in [1.165, 1.54) is 6.33 Å². The first-order chi connectivity index (χ1) is 10.6. The van der Waals surface area contributed by atoms with Gasteiger partial charge in [-0.1, -0.05) is 0 Å². The van der Waals surface area contributed by atoms with Crippen molar-refractivity contribution in [1.82, 2.24) is 24.6 Å². The smallest absolute Gasteiger partial charge is 0.247 e. The zero-order valence-corrected chi connectivity index (χ0v) is 13.7. The van der Waals surface area contributed by atoms with E-state index in [2.05, 4.69) is 25.3 Å². The summed E-state index contributed by atoms with van der Waals surface area (Å²) in [6.45, 7) is 7.13. The van der Waals surface area contributed by atoms with Crippen molar-refractivity contribution in [2.75, 3.05) is 31.1 Å². The minimum atomic E-state index is -0.309. The number of hydrogen-bond acceptors (Lipinski definition) is 6. The zero-order chi connectivity index (χ0) is 15.5. The highest BCUT2D eigenvalue weighted by Gasteiger charge is 2.25. The molecule has 118 valence electrons. The van der Waals surface area contributed by atoms with Crippen molar-refractivity contribution in [2.24, 2.45) is 0 Å². The summed E-state index contributed by atoms with van der Waals surface area (Å²) in [5.41, 5.74) is 1.05. The molecule has 8 heteroatoms. The lowest BCUT2D eigenvalue weighted by atomic mass is 10.2. The number of nitrogens with zero attached hydrogens (tertiary/aromatic N) is 6. The lowest BCUT2D eigenvalue weighted by Gasteiger charge is -2.24. The molecule has 0 N–H and O–H groups in total. The van der Waals surface area contributed by atoms with Crippen molar-refractivity contribution in [3.05, 3.63) is 23.7 Å². The van der Waals surface area contributed by atoms with Crippen LogP contribution in [0.15, 0.2) is 18.0 Å². The quantitative estimate of drug-likeness (QED) is 0.854. The number of rotatable bonds is 3. The number of thiazole rings is 1. The highest BCUT2D eigenvalue weighted by molar-refractivity contribution is 7.13. The summed E-state index contributed by atoms with van der Waals surface area (Å²) >= 11 is 1.67. The Bertz CT molecular complexity index is 625. The second-order valence-electron chi connectivity index (χ2n) is 5.49. The van der Waals surface area contributed by atoms with Crippen molar-refractivity contribution in [3.8, 4) is 0 Å². The van der Waals surface area contributed by atoms with Crippen LogP contribution < -0.4 is 4.90 Å². The number of carbonyl (C=O) groups excluding carboxylic acids is 1. The monoisotopic (exact) mass is 320 g/mol. The van der Waals surface area contributed by atoms with Crippen LogP contribution in [0, 0.1) is 6.92 Å². The number of anilines is 1. The molecular formula is C14H20N6OS. The third kappa shape index (κ3) is 3.11. The predicted octanol–water partition coefficient (Wildman–Crippen LogP) is 1.34. The Morgan fingerprint density at radius 1 is 1.32 bits per heavy atom. The van der Waals surface area contributed by atoms with Gasteiger partial charge in [-0.25, -0.2) is 14.6 Å². The predicted molar refractivity (Wildman–Crippen MR) is 85.0 cm³/mol. The average molecular weight is 320 g/mol. The normalized spacial score (nSPS) is 17.4. The molecule has 0 spiro atoms. The molecule has 0 aliphatic carbocycles. The Morgan fingerprint density at radius 3 is 2.86 bits per heavy atom. The summed E-state index contributed by atoms with van der Waals surface area (Å²) in [5, 5.41) is 7.18. The molecule has 1 aliphatic rings. The number of aromatic nitrogens is 4. The van der Waals surface area contributed by atoms with Crippen molar-refractivity contribution >= 4 is 22.4 Å². The number of amides is 1. The lowest BCUT2D eigenvalue weighted by molar-refractivity contribution is -0.134. The second-order valence-corrected chi connectivity index (χ2v) is 6.33. The van der Waals surface area contributed by atoms with Gasteiger partial charge in [-0.2, -0.15) is 5.10 Å². The van der Waals surface area contributed by atoms with E-state index >= 15 is 0 Å². The van der Waals surface area contributed by atoms with Crippen LogP contribution in [0.25, 0.3) is 0 Å². The summed E-state index contributed by atoms with van der Waals surface area (Å²) in [6.07, 6.45) is 4.00. The van der Waals surface area contributed by atoms with Gasteiger partial charge in [-0.3, -0.25) is 4.79 Å². The van der Waals surface area contributed by atoms with Gasteiger partial charge in [-0.15, -0.1) is 11.3 Å². The summed E-state index contributed by atoms with van der Waals surface area (Å²) in [5.74, 6) is 0.0997. The van der Waals surface area contributed by atoms with Crippen LogP contribution in [0.1, 0.15) is 25.1 Å². The standard InChI is InChI=1S/C14H20N6OS/c1-11-8-22-14(17-11)19-5-3-4-18(6-7-19)13(21)12(2)20-10-15-9-16-20/h8-10,12H,3-7H2,1-2H3/t12-/m0/s1. The van der Waals surface area contributed by atoms with Gasteiger partial charge >= 0.3 is 0 Å². The minimum absolute atomic E-state index is 0.0997. The molecular weight excluding hydrogens is 300 g/mol. The van der Waals surface area contributed by atoms with Gasteiger partial charge in [0.2, 0.25) is 5.91 Å². The first-order valence-corrected chi connectivity index (χ1v) is 8.33. The first-order valence-electron chi connectivity index (χ1n) is 7.45. The average Bonchev–Trinajstić information content (AvgIpc) is 3.13. The van der Waals surface area contributed by atoms with Gasteiger partial charge in [0.25, 0.3) is 0 Å². The first kappa shape index (κ1) is 15.0. The summed E-state index contributed by atoms with van der Waals surface area (Å²) in [7, 11) is 0. The molecule has 1 saturated heterocycles. The molecule has 2 aromatic rings. The van der Waals surface area contributed by atoms with Gasteiger partial charge in [-0.05, 0) is 20.3 Å². The van der Waals surface area contributed by atoms with Crippen LogP contribution in [0.2, 0.25) is 0 Å². The maximum atomic E-state index is 12.6. The van der Waals surface area contributed by atoms with E-state index in [0.717, 1.165) is 43.4 Å². The zero-order valence-electron chi connectivity index (χ0n) is 12.8. The fourth-order valence-corrected chi connectivity index (χ4v) is 3.47. The SMILES string of the molecule is Cc1csc(N2CCCN(C(=O)[C@H](C)n3cncn3)CC2)n1. The molecule has 1 aliphatic heterocycles. The van der Waals surface area contributed by atoms with Crippen molar-refractivity contribution in [3.63, 3.8) is 0 Å². The van der Waals surface area contributed by atoms with Crippen molar-refractivity contribution in [2.45, 2.75) is 26.3 Å². The van der Waals surface area contributed by atoms with Crippen LogP contribution in [0.4, 0.5) is 5.13 Å². The lowest BCUT2D eigenvalue weighted by Crippen LogP contribution is -2.39. The molecule has 3 rings (SSSR count). The van der Waals surface area contributed by atoms with E-state index < -0.39 is 0 Å². The number of hydrogen-bond donors (Lipinski definition) is 0. The van der Waals surface area contributed by atoms with Crippen LogP contribution in [0.3, 0.4) is 0 Å². The molecule has 1 amide bonds. The third-order valence-corrected chi connectivity index (χ3v) is 4.90. The topological polar surface area (TPSA) is 67.2 Å². The molecule has 0 unspecified atom stereocenters. The number of carbonyl (C=O) groups is 1. The molecule has 0 bridgehead atoms. The van der Waals surface area contributed by atoms with E-state index in [0.29, 0.717) is 0 Å². The second kappa shape index (κ2) is 6.43. The molecule has 22 heavy (non-hydrogen) atoms. The molecule has 0 aromatic carbocycles. The maximum absolute atomic E-state index is 12.6. The summed E-state index contributed by atoms with van der Waals surface area (Å²) in [4.78, 5) is 25.2. The van der Waals surface area contributed by atoms with E-state index in [1.807, 2.05) is 18.7 Å². The van der Waals surface area contributed by atoms with Gasteiger partial charge < -0.3 is 9.80 Å². The van der Waals surface area contributed by atoms with Gasteiger partial charge in [0.05, 0.1) is 5.69 Å². The molecule has 3 heterocycles. The third-order valence-electron chi connectivity index (χ3n) is 3.88. The molecule has 2 aromatic heterocycles. The summed E-state index contributed by atoms with van der Waals surface area (Å²) < 4.78 is 1.61. The van der Waals surface area contributed by atoms with Gasteiger partial charge in [0.15, 0.2) is 5.13 Å². The Labute approximate surface area is 133 Å². The Balaban J connectivity index is 1.63. The van der Waals surface area contributed by atoms with Gasteiger partial charge in [0, 0.05) is 31.6 Å². The largest absolute Gasteiger partial charge is 0.346 e. The summed E-state index contributed by atoms with van der Waals surface area (Å²) in [6, 6.07) is -0.309. The van der Waals surface area contributed by atoms with Gasteiger partial charge in [0.1, 0.15) is 18.7 Å². The van der Waals surface area contributed by atoms with Crippen molar-refractivity contribution in [1.29, 1.82) is 0 Å². The van der Waals surface area contributed by atoms with E-state index in [4.69, 9.17) is 0 Å². The maximum Gasteiger partial charge on any atom is 0.247 e. The molecule has 0 saturated carbocycles. The van der Waals surface area contributed by atoms with E-state index in [9.17, 15) is 4.79 Å². The molecule has 1 atom stereocenters. The molecule has 7 nitrogen and oxygen atoms in total. The van der Waals surface area contributed by atoms with E-state index in [-0.39, 0.29) is 11.9 Å². The fraction of sp³-hybridized carbons (Fsp3) is 0.571. The Hall–Kier alpha value is -1.96. The highest BCUT2D eigenvalue weighted by atomic mass is 32.1. The number of aryl methyl sites for hydroxylation is 1. The fourth-order valence-electron chi connectivity index (χ4n) is 2.61. The Kier molecular flexibility index (Phi) is 4.37. The highest BCUT2D eigenvalue weighted by Crippen LogP contribution is 2.22. The minimum Gasteiger partial charge on any atom is -0.346 e. The van der Waals surface area contributed by atoms with Crippen molar-refractivity contribution < 1.29 is 4.79 Å². The molecule has 1 fully saturated rings. The van der Waals surface area contributed by atoms with Crippen LogP contribution in [-0.2, 0) is 4.79 Å².